The molecule has 0 radical (unpaired) electrons. The molecule has 25 heavy (non-hydrogen) atoms. The highest BCUT2D eigenvalue weighted by atomic mass is 16.5. The van der Waals surface area contributed by atoms with Gasteiger partial charge in [-0.15, -0.1) is 0 Å². The van der Waals surface area contributed by atoms with Gasteiger partial charge in [-0.1, -0.05) is 30.3 Å². The van der Waals surface area contributed by atoms with Crippen LogP contribution in [0.3, 0.4) is 0 Å². The Balaban J connectivity index is 1.88. The zero-order valence-electron chi connectivity index (χ0n) is 13.1. The van der Waals surface area contributed by atoms with E-state index < -0.39 is 11.2 Å². The number of hydrogen-bond acceptors (Lipinski definition) is 6. The van der Waals surface area contributed by atoms with Crippen molar-refractivity contribution >= 4 is 11.2 Å². The number of ether oxygens (including phenoxy) is 1. The Hall–Kier alpha value is -3.62. The SMILES string of the molecule is COc1cc(-c2nc3c([nH]2)c(=O)[nH]c(=O)n3Cc2ccccc2)on1. The summed E-state index contributed by atoms with van der Waals surface area (Å²) in [5, 5.41) is 3.70. The molecule has 0 aliphatic rings. The number of methoxy groups -OCH3 is 1. The summed E-state index contributed by atoms with van der Waals surface area (Å²) in [6.45, 7) is 0.275. The van der Waals surface area contributed by atoms with Crippen LogP contribution in [0.1, 0.15) is 5.56 Å². The predicted octanol–water partition coefficient (Wildman–Crippen LogP) is 1.12. The monoisotopic (exact) mass is 339 g/mol. The van der Waals surface area contributed by atoms with Crippen LogP contribution in [-0.4, -0.2) is 31.8 Å². The highest BCUT2D eigenvalue weighted by Crippen LogP contribution is 2.22. The van der Waals surface area contributed by atoms with Gasteiger partial charge in [0.15, 0.2) is 11.5 Å². The Kier molecular flexibility index (Phi) is 3.46. The molecular weight excluding hydrogens is 326 g/mol. The largest absolute Gasteiger partial charge is 0.479 e. The fraction of sp³-hybridized carbons (Fsp3) is 0.125. The molecule has 0 aliphatic heterocycles. The summed E-state index contributed by atoms with van der Waals surface area (Å²) in [6, 6.07) is 10.9. The molecule has 3 heterocycles. The van der Waals surface area contributed by atoms with Crippen LogP contribution in [0.25, 0.3) is 22.7 Å². The first-order valence-electron chi connectivity index (χ1n) is 7.43. The maximum Gasteiger partial charge on any atom is 0.330 e. The number of H-pyrrole nitrogens is 2. The number of hydrogen-bond donors (Lipinski definition) is 2. The summed E-state index contributed by atoms with van der Waals surface area (Å²) in [6.07, 6.45) is 0. The van der Waals surface area contributed by atoms with E-state index in [0.29, 0.717) is 5.76 Å². The van der Waals surface area contributed by atoms with Crippen molar-refractivity contribution in [3.05, 3.63) is 62.8 Å². The number of aromatic amines is 2. The standard InChI is InChI=1S/C16H13N5O4/c1-24-11-7-10(25-20-11)13-17-12-14(18-13)21(16(23)19-15(12)22)8-9-5-3-2-4-6-9/h2-7H,8H2,1H3,(H,17,18)(H,19,22,23). The van der Waals surface area contributed by atoms with E-state index in [1.54, 1.807) is 0 Å². The third kappa shape index (κ3) is 2.61. The second-order valence-corrected chi connectivity index (χ2v) is 5.35. The average molecular weight is 339 g/mol. The van der Waals surface area contributed by atoms with Crippen LogP contribution in [0, 0.1) is 0 Å². The summed E-state index contributed by atoms with van der Waals surface area (Å²) >= 11 is 0. The van der Waals surface area contributed by atoms with E-state index >= 15 is 0 Å². The number of fused-ring (bicyclic) bond motifs is 1. The van der Waals surface area contributed by atoms with Crippen molar-refractivity contribution in [1.29, 1.82) is 0 Å². The van der Waals surface area contributed by atoms with Gasteiger partial charge in [-0.25, -0.2) is 9.78 Å². The topological polar surface area (TPSA) is 119 Å². The van der Waals surface area contributed by atoms with Gasteiger partial charge in [0.05, 0.1) is 19.7 Å². The minimum absolute atomic E-state index is 0.181. The van der Waals surface area contributed by atoms with E-state index in [4.69, 9.17) is 9.26 Å². The third-order valence-corrected chi connectivity index (χ3v) is 3.75. The second kappa shape index (κ2) is 5.78. The molecular formula is C16H13N5O4. The summed E-state index contributed by atoms with van der Waals surface area (Å²) in [5.41, 5.74) is 0.247. The summed E-state index contributed by atoms with van der Waals surface area (Å²) in [5.74, 6) is 0.862. The van der Waals surface area contributed by atoms with Crippen molar-refractivity contribution in [3.63, 3.8) is 0 Å². The summed E-state index contributed by atoms with van der Waals surface area (Å²) in [4.78, 5) is 33.9. The number of benzene rings is 1. The molecule has 0 fully saturated rings. The fourth-order valence-corrected chi connectivity index (χ4v) is 2.54. The number of nitrogens with zero attached hydrogens (tertiary/aromatic N) is 3. The molecule has 0 atom stereocenters. The molecule has 0 saturated carbocycles. The van der Waals surface area contributed by atoms with Crippen LogP contribution >= 0.6 is 0 Å². The molecule has 4 aromatic rings. The van der Waals surface area contributed by atoms with E-state index in [9.17, 15) is 9.59 Å². The van der Waals surface area contributed by atoms with Crippen LogP contribution in [0.5, 0.6) is 5.88 Å². The van der Waals surface area contributed by atoms with Gasteiger partial charge < -0.3 is 14.2 Å². The van der Waals surface area contributed by atoms with Crippen molar-refractivity contribution in [3.8, 4) is 17.5 Å². The minimum atomic E-state index is -0.547. The van der Waals surface area contributed by atoms with Crippen molar-refractivity contribution in [2.75, 3.05) is 7.11 Å². The number of imidazole rings is 1. The zero-order valence-corrected chi connectivity index (χ0v) is 13.1. The van der Waals surface area contributed by atoms with Crippen molar-refractivity contribution in [2.45, 2.75) is 6.54 Å². The molecule has 0 spiro atoms. The van der Waals surface area contributed by atoms with Crippen molar-refractivity contribution < 1.29 is 9.26 Å². The highest BCUT2D eigenvalue weighted by Gasteiger charge is 2.17. The van der Waals surface area contributed by atoms with Gasteiger partial charge >= 0.3 is 5.69 Å². The van der Waals surface area contributed by atoms with E-state index in [1.165, 1.54) is 17.7 Å². The Morgan fingerprint density at radius 1 is 1.20 bits per heavy atom. The molecule has 2 N–H and O–H groups in total. The Labute approximate surface area is 139 Å². The molecule has 126 valence electrons. The molecule has 0 bridgehead atoms. The van der Waals surface area contributed by atoms with Gasteiger partial charge in [0, 0.05) is 0 Å². The smallest absolute Gasteiger partial charge is 0.330 e. The average Bonchev–Trinajstić information content (AvgIpc) is 3.26. The lowest BCUT2D eigenvalue weighted by atomic mass is 10.2. The first kappa shape index (κ1) is 14.9. The lowest BCUT2D eigenvalue weighted by Crippen LogP contribution is -2.30. The summed E-state index contributed by atoms with van der Waals surface area (Å²) < 4.78 is 11.5. The van der Waals surface area contributed by atoms with E-state index in [2.05, 4.69) is 20.1 Å². The third-order valence-electron chi connectivity index (χ3n) is 3.75. The number of aromatic nitrogens is 5. The Morgan fingerprint density at radius 2 is 2.00 bits per heavy atom. The fourth-order valence-electron chi connectivity index (χ4n) is 2.54. The minimum Gasteiger partial charge on any atom is -0.479 e. The van der Waals surface area contributed by atoms with Crippen LogP contribution < -0.4 is 16.0 Å². The zero-order chi connectivity index (χ0) is 17.4. The van der Waals surface area contributed by atoms with Gasteiger partial charge in [0.2, 0.25) is 5.76 Å². The number of nitrogens with one attached hydrogen (secondary N) is 2. The van der Waals surface area contributed by atoms with E-state index in [1.807, 2.05) is 30.3 Å². The van der Waals surface area contributed by atoms with Gasteiger partial charge in [-0.2, -0.15) is 0 Å². The van der Waals surface area contributed by atoms with E-state index in [-0.39, 0.29) is 29.4 Å². The number of rotatable bonds is 4. The first-order valence-corrected chi connectivity index (χ1v) is 7.43. The van der Waals surface area contributed by atoms with Crippen molar-refractivity contribution in [2.24, 2.45) is 0 Å². The first-order chi connectivity index (χ1) is 12.2. The molecule has 9 heteroatoms. The van der Waals surface area contributed by atoms with Gasteiger partial charge in [-0.3, -0.25) is 14.3 Å². The molecule has 0 saturated heterocycles. The molecule has 9 nitrogen and oxygen atoms in total. The lowest BCUT2D eigenvalue weighted by molar-refractivity contribution is 0.342. The quantitative estimate of drug-likeness (QED) is 0.575. The lowest BCUT2D eigenvalue weighted by Gasteiger charge is -2.05. The molecule has 0 unspecified atom stereocenters. The van der Waals surface area contributed by atoms with Gasteiger partial charge in [-0.05, 0) is 10.7 Å². The van der Waals surface area contributed by atoms with Crippen LogP contribution in [-0.2, 0) is 6.54 Å². The van der Waals surface area contributed by atoms with Crippen LogP contribution in [0.2, 0.25) is 0 Å². The molecule has 3 aromatic heterocycles. The molecule has 4 rings (SSSR count). The highest BCUT2D eigenvalue weighted by molar-refractivity contribution is 5.74. The summed E-state index contributed by atoms with van der Waals surface area (Å²) in [7, 11) is 1.46. The molecule has 1 aromatic carbocycles. The second-order valence-electron chi connectivity index (χ2n) is 5.35. The van der Waals surface area contributed by atoms with Gasteiger partial charge in [0.1, 0.15) is 5.52 Å². The maximum atomic E-state index is 12.3. The Bertz CT molecular complexity index is 1150. The van der Waals surface area contributed by atoms with Gasteiger partial charge in [0.25, 0.3) is 11.4 Å². The van der Waals surface area contributed by atoms with Crippen LogP contribution in [0.4, 0.5) is 0 Å². The molecule has 0 amide bonds. The normalized spacial score (nSPS) is 11.1. The van der Waals surface area contributed by atoms with Crippen molar-refractivity contribution in [1.82, 2.24) is 24.7 Å². The maximum absolute atomic E-state index is 12.3. The Morgan fingerprint density at radius 3 is 2.72 bits per heavy atom. The van der Waals surface area contributed by atoms with Crippen LogP contribution in [0.15, 0.2) is 50.5 Å². The predicted molar refractivity (Wildman–Crippen MR) is 88.6 cm³/mol. The van der Waals surface area contributed by atoms with E-state index in [0.717, 1.165) is 5.56 Å². The molecule has 0 aliphatic carbocycles.